The molecule has 0 fully saturated rings. The molecule has 1 aliphatic rings. The van der Waals surface area contributed by atoms with Gasteiger partial charge in [0.05, 0.1) is 18.9 Å². The predicted molar refractivity (Wildman–Crippen MR) is 73.3 cm³/mol. The molecule has 0 amide bonds. The third-order valence-electron chi connectivity index (χ3n) is 3.15. The Kier molecular flexibility index (Phi) is 3.78. The van der Waals surface area contributed by atoms with Crippen LogP contribution in [0, 0.1) is 18.3 Å². The Morgan fingerprint density at radius 3 is 2.78 bits per heavy atom. The molecule has 94 valence electrons. The van der Waals surface area contributed by atoms with Gasteiger partial charge in [-0.2, -0.15) is 5.26 Å². The van der Waals surface area contributed by atoms with E-state index in [1.54, 1.807) is 7.11 Å². The van der Waals surface area contributed by atoms with Crippen LogP contribution in [0.3, 0.4) is 0 Å². The van der Waals surface area contributed by atoms with Crippen LogP contribution in [-0.4, -0.2) is 20.2 Å². The number of benzene rings is 1. The molecule has 0 spiro atoms. The number of hydrogen-bond acceptors (Lipinski definition) is 3. The summed E-state index contributed by atoms with van der Waals surface area (Å²) in [7, 11) is 1.64. The lowest BCUT2D eigenvalue weighted by atomic mass is 10.1. The third kappa shape index (κ3) is 2.44. The van der Waals surface area contributed by atoms with Crippen molar-refractivity contribution in [3.05, 3.63) is 34.4 Å². The molecular formula is C14H15ClN2O. The second-order valence-corrected chi connectivity index (χ2v) is 4.72. The minimum atomic E-state index is 0.709. The number of nitrogens with zero attached hydrogens (tertiary/aromatic N) is 2. The Morgan fingerprint density at radius 1 is 1.44 bits per heavy atom. The second kappa shape index (κ2) is 5.32. The van der Waals surface area contributed by atoms with E-state index < -0.39 is 0 Å². The quantitative estimate of drug-likeness (QED) is 0.820. The Labute approximate surface area is 112 Å². The monoisotopic (exact) mass is 262 g/mol. The van der Waals surface area contributed by atoms with Crippen molar-refractivity contribution in [2.75, 3.05) is 25.1 Å². The van der Waals surface area contributed by atoms with Gasteiger partial charge in [-0.05, 0) is 25.0 Å². The molecule has 0 radical (unpaired) electrons. The Bertz CT molecular complexity index is 531. The number of rotatable bonds is 2. The highest BCUT2D eigenvalue weighted by Gasteiger charge is 2.17. The summed E-state index contributed by atoms with van der Waals surface area (Å²) in [4.78, 5) is 2.20. The molecule has 0 saturated heterocycles. The molecule has 0 bridgehead atoms. The summed E-state index contributed by atoms with van der Waals surface area (Å²) in [5.41, 5.74) is 2.92. The van der Waals surface area contributed by atoms with E-state index in [1.807, 2.05) is 25.1 Å². The molecule has 4 heteroatoms. The molecule has 0 aromatic heterocycles. The van der Waals surface area contributed by atoms with E-state index in [9.17, 15) is 0 Å². The lowest BCUT2D eigenvalue weighted by molar-refractivity contribution is 0.414. The van der Waals surface area contributed by atoms with Gasteiger partial charge in [0, 0.05) is 29.8 Å². The Balaban J connectivity index is 2.32. The van der Waals surface area contributed by atoms with Crippen LogP contribution in [0.2, 0.25) is 5.02 Å². The lowest BCUT2D eigenvalue weighted by Crippen LogP contribution is -2.28. The van der Waals surface area contributed by atoms with Gasteiger partial charge in [0.15, 0.2) is 0 Å². The summed E-state index contributed by atoms with van der Waals surface area (Å²) in [6.45, 7) is 3.54. The van der Waals surface area contributed by atoms with Gasteiger partial charge in [-0.25, -0.2) is 0 Å². The summed E-state index contributed by atoms with van der Waals surface area (Å²) < 4.78 is 5.38. The molecule has 1 aliphatic heterocycles. The first-order valence-electron chi connectivity index (χ1n) is 5.84. The second-order valence-electron chi connectivity index (χ2n) is 4.31. The highest BCUT2D eigenvalue weighted by molar-refractivity contribution is 6.31. The van der Waals surface area contributed by atoms with E-state index >= 15 is 0 Å². The van der Waals surface area contributed by atoms with Crippen LogP contribution < -0.4 is 9.64 Å². The number of aryl methyl sites for hydroxylation is 1. The summed E-state index contributed by atoms with van der Waals surface area (Å²) in [6.07, 6.45) is 2.74. The average Bonchev–Trinajstić information content (AvgIpc) is 2.41. The summed E-state index contributed by atoms with van der Waals surface area (Å²) in [6, 6.07) is 6.08. The highest BCUT2D eigenvalue weighted by atomic mass is 35.5. The van der Waals surface area contributed by atoms with Crippen LogP contribution in [0.25, 0.3) is 0 Å². The topological polar surface area (TPSA) is 36.3 Å². The number of ether oxygens (including phenoxy) is 1. The fourth-order valence-corrected chi connectivity index (χ4v) is 2.20. The maximum atomic E-state index is 8.85. The number of hydrogen-bond donors (Lipinski definition) is 0. The van der Waals surface area contributed by atoms with Crippen molar-refractivity contribution in [3.8, 4) is 11.8 Å². The van der Waals surface area contributed by atoms with Crippen LogP contribution in [0.4, 0.5) is 5.69 Å². The van der Waals surface area contributed by atoms with Crippen LogP contribution in [-0.2, 0) is 0 Å². The summed E-state index contributed by atoms with van der Waals surface area (Å²) in [5, 5.41) is 9.56. The first-order chi connectivity index (χ1) is 8.65. The zero-order valence-corrected chi connectivity index (χ0v) is 11.3. The molecule has 2 rings (SSSR count). The van der Waals surface area contributed by atoms with Gasteiger partial charge in [-0.15, -0.1) is 0 Å². The van der Waals surface area contributed by atoms with E-state index in [0.29, 0.717) is 5.02 Å². The number of anilines is 1. The van der Waals surface area contributed by atoms with E-state index in [2.05, 4.69) is 11.0 Å². The molecule has 0 atom stereocenters. The van der Waals surface area contributed by atoms with Crippen LogP contribution in [0.5, 0.6) is 5.75 Å². The summed E-state index contributed by atoms with van der Waals surface area (Å²) >= 11 is 6.10. The Morgan fingerprint density at radius 2 is 2.22 bits per heavy atom. The van der Waals surface area contributed by atoms with E-state index in [-0.39, 0.29) is 0 Å². The van der Waals surface area contributed by atoms with Gasteiger partial charge in [-0.1, -0.05) is 17.7 Å². The minimum Gasteiger partial charge on any atom is -0.495 e. The first kappa shape index (κ1) is 12.8. The van der Waals surface area contributed by atoms with Crippen LogP contribution in [0.15, 0.2) is 23.8 Å². The van der Waals surface area contributed by atoms with Gasteiger partial charge < -0.3 is 9.64 Å². The van der Waals surface area contributed by atoms with Gasteiger partial charge in [0.1, 0.15) is 5.75 Å². The smallest absolute Gasteiger partial charge is 0.143 e. The van der Waals surface area contributed by atoms with Crippen molar-refractivity contribution in [3.63, 3.8) is 0 Å². The van der Waals surface area contributed by atoms with E-state index in [0.717, 1.165) is 42.1 Å². The van der Waals surface area contributed by atoms with Gasteiger partial charge >= 0.3 is 0 Å². The van der Waals surface area contributed by atoms with E-state index in [1.165, 1.54) is 0 Å². The normalized spacial score (nSPS) is 15.0. The molecule has 0 aliphatic carbocycles. The van der Waals surface area contributed by atoms with E-state index in [4.69, 9.17) is 21.6 Å². The minimum absolute atomic E-state index is 0.709. The molecule has 0 saturated carbocycles. The number of nitriles is 1. The standard InChI is InChI=1S/C14H15ClN2O/c1-10-7-13(14(18-2)8-12(10)15)17-5-3-11(9-16)4-6-17/h3,7-8H,4-6H2,1-2H3. The Hall–Kier alpha value is -1.66. The molecule has 0 N–H and O–H groups in total. The first-order valence-corrected chi connectivity index (χ1v) is 6.21. The van der Waals surface area contributed by atoms with Crippen LogP contribution in [0.1, 0.15) is 12.0 Å². The molecule has 0 unspecified atom stereocenters. The van der Waals surface area contributed by atoms with Crippen molar-refractivity contribution in [2.45, 2.75) is 13.3 Å². The van der Waals surface area contributed by atoms with Crippen molar-refractivity contribution in [2.24, 2.45) is 0 Å². The maximum Gasteiger partial charge on any atom is 0.143 e. The predicted octanol–water partition coefficient (Wildman–Crippen LogP) is 3.32. The molecule has 1 heterocycles. The highest BCUT2D eigenvalue weighted by Crippen LogP contribution is 2.34. The zero-order chi connectivity index (χ0) is 13.1. The van der Waals surface area contributed by atoms with Crippen LogP contribution >= 0.6 is 11.6 Å². The maximum absolute atomic E-state index is 8.85. The number of halogens is 1. The van der Waals surface area contributed by atoms with Crippen molar-refractivity contribution >= 4 is 17.3 Å². The number of methoxy groups -OCH3 is 1. The summed E-state index contributed by atoms with van der Waals surface area (Å²) in [5.74, 6) is 0.777. The molecular weight excluding hydrogens is 248 g/mol. The largest absolute Gasteiger partial charge is 0.495 e. The van der Waals surface area contributed by atoms with Gasteiger partial charge in [-0.3, -0.25) is 0 Å². The molecule has 1 aromatic rings. The average molecular weight is 263 g/mol. The molecule has 18 heavy (non-hydrogen) atoms. The lowest BCUT2D eigenvalue weighted by Gasteiger charge is -2.28. The van der Waals surface area contributed by atoms with Crippen molar-refractivity contribution in [1.82, 2.24) is 0 Å². The SMILES string of the molecule is COc1cc(Cl)c(C)cc1N1CC=C(C#N)CC1. The van der Waals surface area contributed by atoms with Gasteiger partial charge in [0.2, 0.25) is 0 Å². The van der Waals surface area contributed by atoms with Gasteiger partial charge in [0.25, 0.3) is 0 Å². The van der Waals surface area contributed by atoms with Crippen molar-refractivity contribution < 1.29 is 4.74 Å². The van der Waals surface area contributed by atoms with Crippen molar-refractivity contribution in [1.29, 1.82) is 5.26 Å². The fourth-order valence-electron chi connectivity index (χ4n) is 2.05. The zero-order valence-electron chi connectivity index (χ0n) is 10.5. The molecule has 3 nitrogen and oxygen atoms in total. The fraction of sp³-hybridized carbons (Fsp3) is 0.357. The molecule has 1 aromatic carbocycles. The third-order valence-corrected chi connectivity index (χ3v) is 3.56.